The van der Waals surface area contributed by atoms with E-state index in [0.29, 0.717) is 34.3 Å². The normalized spacial score (nSPS) is 17.7. The van der Waals surface area contributed by atoms with E-state index in [9.17, 15) is 9.90 Å². The molecule has 1 saturated heterocycles. The predicted octanol–water partition coefficient (Wildman–Crippen LogP) is 4.13. The van der Waals surface area contributed by atoms with Crippen molar-refractivity contribution in [1.29, 1.82) is 0 Å². The van der Waals surface area contributed by atoms with Gasteiger partial charge in [0.2, 0.25) is 5.75 Å². The van der Waals surface area contributed by atoms with Crippen molar-refractivity contribution in [3.8, 4) is 28.7 Å². The Morgan fingerprint density at radius 3 is 2.00 bits per heavy atom. The molecule has 1 N–H and O–H groups in total. The summed E-state index contributed by atoms with van der Waals surface area (Å²) in [6.45, 7) is 0. The maximum atomic E-state index is 13.3. The summed E-state index contributed by atoms with van der Waals surface area (Å²) in [5.41, 5.74) is 2.10. The minimum Gasteiger partial charge on any atom is -0.504 e. The summed E-state index contributed by atoms with van der Waals surface area (Å²) >= 11 is 0. The quantitative estimate of drug-likeness (QED) is 0.470. The largest absolute Gasteiger partial charge is 0.504 e. The lowest BCUT2D eigenvalue weighted by Gasteiger charge is -2.44. The summed E-state index contributed by atoms with van der Waals surface area (Å²) in [5.74, 6) is 2.51. The van der Waals surface area contributed by atoms with Gasteiger partial charge in [0.1, 0.15) is 0 Å². The van der Waals surface area contributed by atoms with Gasteiger partial charge in [0, 0.05) is 17.7 Å². The summed E-state index contributed by atoms with van der Waals surface area (Å²) in [5, 5.41) is 10.4. The molecule has 1 heterocycles. The zero-order valence-electron chi connectivity index (χ0n) is 19.6. The van der Waals surface area contributed by atoms with E-state index in [1.807, 2.05) is 12.1 Å². The lowest BCUT2D eigenvalue weighted by atomic mass is 9.87. The highest BCUT2D eigenvalue weighted by molar-refractivity contribution is 8.32. The fourth-order valence-corrected chi connectivity index (χ4v) is 4.34. The first kappa shape index (κ1) is 23.7. The number of amides is 1. The number of rotatable bonds is 8. The van der Waals surface area contributed by atoms with Crippen molar-refractivity contribution < 1.29 is 28.8 Å². The van der Waals surface area contributed by atoms with E-state index in [0.717, 1.165) is 11.3 Å². The lowest BCUT2D eigenvalue weighted by molar-refractivity contribution is -0.119. The van der Waals surface area contributed by atoms with Gasteiger partial charge in [0.05, 0.1) is 40.2 Å². The highest BCUT2D eigenvalue weighted by Gasteiger charge is 2.44. The number of phenols is 1. The molecule has 1 aliphatic heterocycles. The zero-order chi connectivity index (χ0) is 23.6. The van der Waals surface area contributed by atoms with Gasteiger partial charge in [-0.3, -0.25) is 9.69 Å². The minimum absolute atomic E-state index is 0.0231. The van der Waals surface area contributed by atoms with Gasteiger partial charge in [0.25, 0.3) is 5.91 Å². The van der Waals surface area contributed by atoms with Crippen molar-refractivity contribution in [2.75, 3.05) is 57.9 Å². The molecule has 1 atom stereocenters. The Kier molecular flexibility index (Phi) is 6.83. The van der Waals surface area contributed by atoms with Crippen molar-refractivity contribution in [3.05, 3.63) is 47.5 Å². The van der Waals surface area contributed by atoms with E-state index in [1.54, 1.807) is 29.2 Å². The third-order valence-electron chi connectivity index (χ3n) is 5.27. The molecule has 2 aromatic rings. The molecule has 8 heteroatoms. The fraction of sp³-hybridized carbons (Fsp3) is 0.375. The maximum absolute atomic E-state index is 13.3. The Bertz CT molecular complexity index is 1020. The van der Waals surface area contributed by atoms with Crippen molar-refractivity contribution in [3.63, 3.8) is 0 Å². The second kappa shape index (κ2) is 9.24. The summed E-state index contributed by atoms with van der Waals surface area (Å²) in [4.78, 5) is 15.0. The number of benzene rings is 2. The van der Waals surface area contributed by atoms with Crippen LogP contribution >= 0.6 is 10.0 Å². The number of aromatic hydroxyl groups is 1. The number of nitrogens with zero attached hydrogens (tertiary/aromatic N) is 1. The van der Waals surface area contributed by atoms with Crippen LogP contribution in [0.4, 0.5) is 5.69 Å². The van der Waals surface area contributed by atoms with Crippen LogP contribution in [-0.2, 0) is 4.79 Å². The number of carbonyl (C=O) groups excluding carboxylic acids is 1. The first-order valence-corrected chi connectivity index (χ1v) is 13.0. The average Bonchev–Trinajstić information content (AvgIpc) is 2.75. The smallest absolute Gasteiger partial charge is 0.257 e. The maximum Gasteiger partial charge on any atom is 0.257 e. The molecule has 2 aromatic carbocycles. The van der Waals surface area contributed by atoms with E-state index in [1.165, 1.54) is 28.4 Å². The molecule has 0 aromatic heterocycles. The fourth-order valence-electron chi connectivity index (χ4n) is 3.66. The lowest BCUT2D eigenvalue weighted by Crippen LogP contribution is -2.49. The first-order chi connectivity index (χ1) is 15.1. The summed E-state index contributed by atoms with van der Waals surface area (Å²) in [7, 11) is 5.28. The number of β-lactam (4-membered cyclic amide) rings is 1. The molecule has 32 heavy (non-hydrogen) atoms. The van der Waals surface area contributed by atoms with Crippen LogP contribution in [0.1, 0.15) is 11.6 Å². The van der Waals surface area contributed by atoms with Gasteiger partial charge in [0.15, 0.2) is 23.0 Å². The Morgan fingerprint density at radius 1 is 0.938 bits per heavy atom. The number of methoxy groups -OCH3 is 4. The third-order valence-corrected chi connectivity index (χ3v) is 6.43. The Balaban J connectivity index is 2.12. The zero-order valence-corrected chi connectivity index (χ0v) is 20.4. The molecule has 7 nitrogen and oxygen atoms in total. The monoisotopic (exact) mass is 461 g/mol. The first-order valence-electron chi connectivity index (χ1n) is 10.0. The molecule has 174 valence electrons. The van der Waals surface area contributed by atoms with Crippen LogP contribution in [-0.4, -0.2) is 64.0 Å². The van der Waals surface area contributed by atoms with Crippen molar-refractivity contribution in [2.24, 2.45) is 0 Å². The summed E-state index contributed by atoms with van der Waals surface area (Å²) in [6.07, 6.45) is 8.65. The van der Waals surface area contributed by atoms with Crippen LogP contribution in [0.2, 0.25) is 0 Å². The van der Waals surface area contributed by atoms with E-state index in [4.69, 9.17) is 18.9 Å². The summed E-state index contributed by atoms with van der Waals surface area (Å²) < 4.78 is 21.5. The van der Waals surface area contributed by atoms with Gasteiger partial charge in [-0.2, -0.15) is 0 Å². The number of hydrogen-bond donors (Lipinski definition) is 1. The van der Waals surface area contributed by atoms with Gasteiger partial charge >= 0.3 is 0 Å². The Labute approximate surface area is 190 Å². The minimum atomic E-state index is -0.829. The molecule has 1 fully saturated rings. The molecule has 0 spiro atoms. The standard InChI is InChI=1S/C24H31NO6S/c1-28-19-9-8-15(12-18(19)26)22-17(10-11-32(5,6)7)24(27)25(22)16-13-20(29-2)23(31-4)21(14-16)30-3/h8-10,12-14,22,26H,11H2,1-7H3/b17-10+/t22-/m0/s1. The van der Waals surface area contributed by atoms with Crippen LogP contribution < -0.4 is 23.8 Å². The predicted molar refractivity (Wildman–Crippen MR) is 129 cm³/mol. The van der Waals surface area contributed by atoms with Crippen molar-refractivity contribution in [1.82, 2.24) is 0 Å². The van der Waals surface area contributed by atoms with Crippen LogP contribution in [0.25, 0.3) is 0 Å². The van der Waals surface area contributed by atoms with Gasteiger partial charge in [-0.15, -0.1) is 0 Å². The topological polar surface area (TPSA) is 77.5 Å². The second-order valence-electron chi connectivity index (χ2n) is 8.31. The molecular weight excluding hydrogens is 430 g/mol. The van der Waals surface area contributed by atoms with E-state index >= 15 is 0 Å². The number of hydrogen-bond acceptors (Lipinski definition) is 6. The molecule has 0 radical (unpaired) electrons. The molecule has 0 bridgehead atoms. The van der Waals surface area contributed by atoms with Crippen molar-refractivity contribution >= 4 is 21.6 Å². The molecule has 0 aliphatic carbocycles. The van der Waals surface area contributed by atoms with Gasteiger partial charge < -0.3 is 24.1 Å². The molecular formula is C24H31NO6S. The second-order valence-corrected chi connectivity index (χ2v) is 12.8. The molecule has 0 unspecified atom stereocenters. The van der Waals surface area contributed by atoms with E-state index in [-0.39, 0.29) is 17.7 Å². The third kappa shape index (κ3) is 4.46. The van der Waals surface area contributed by atoms with Gasteiger partial charge in [-0.1, -0.05) is 12.1 Å². The summed E-state index contributed by atoms with van der Waals surface area (Å²) in [6, 6.07) is 8.34. The number of carbonyl (C=O) groups is 1. The highest BCUT2D eigenvalue weighted by atomic mass is 32.3. The molecule has 3 rings (SSSR count). The SMILES string of the molecule is COc1ccc([C@H]2/C(=C\CS(C)(C)C)C(=O)N2c2cc(OC)c(OC)c(OC)c2)cc1O. The van der Waals surface area contributed by atoms with Crippen LogP contribution in [0, 0.1) is 0 Å². The van der Waals surface area contributed by atoms with Crippen LogP contribution in [0.3, 0.4) is 0 Å². The van der Waals surface area contributed by atoms with Crippen LogP contribution in [0.5, 0.6) is 28.7 Å². The van der Waals surface area contributed by atoms with Gasteiger partial charge in [-0.25, -0.2) is 10.0 Å². The highest BCUT2D eigenvalue weighted by Crippen LogP contribution is 2.49. The number of anilines is 1. The number of ether oxygens (including phenoxy) is 4. The van der Waals surface area contributed by atoms with E-state index < -0.39 is 10.0 Å². The van der Waals surface area contributed by atoms with Gasteiger partial charge in [-0.05, 0) is 42.2 Å². The Morgan fingerprint density at radius 2 is 1.53 bits per heavy atom. The average molecular weight is 462 g/mol. The van der Waals surface area contributed by atoms with Crippen LogP contribution in [0.15, 0.2) is 42.0 Å². The van der Waals surface area contributed by atoms with E-state index in [2.05, 4.69) is 18.8 Å². The number of phenolic OH excluding ortho intramolecular Hbond substituents is 1. The molecule has 0 saturated carbocycles. The Hall–Kier alpha value is -3.00. The molecule has 1 aliphatic rings. The van der Waals surface area contributed by atoms with Crippen molar-refractivity contribution in [2.45, 2.75) is 6.04 Å². The molecule has 1 amide bonds.